The van der Waals surface area contributed by atoms with E-state index < -0.39 is 9.84 Å². The predicted molar refractivity (Wildman–Crippen MR) is 108 cm³/mol. The molecule has 2 atom stereocenters. The summed E-state index contributed by atoms with van der Waals surface area (Å²) in [5.74, 6) is 1.46. The molecule has 0 saturated carbocycles. The highest BCUT2D eigenvalue weighted by atomic mass is 32.2. The van der Waals surface area contributed by atoms with Crippen molar-refractivity contribution in [3.05, 3.63) is 42.0 Å². The minimum absolute atomic E-state index is 0.0197. The van der Waals surface area contributed by atoms with Crippen LogP contribution in [0.5, 0.6) is 0 Å². The van der Waals surface area contributed by atoms with Crippen molar-refractivity contribution in [3.8, 4) is 0 Å². The molecule has 1 saturated heterocycles. The lowest BCUT2D eigenvalue weighted by atomic mass is 10.1. The molecule has 0 unspecified atom stereocenters. The summed E-state index contributed by atoms with van der Waals surface area (Å²) in [4.78, 5) is 12.2. The van der Waals surface area contributed by atoms with Gasteiger partial charge in [-0.25, -0.2) is 8.42 Å². The molecule has 10 heteroatoms. The van der Waals surface area contributed by atoms with Gasteiger partial charge in [0, 0.05) is 11.8 Å². The summed E-state index contributed by atoms with van der Waals surface area (Å²) in [5.41, 5.74) is 0.784. The van der Waals surface area contributed by atoms with Crippen LogP contribution in [0.15, 0.2) is 44.4 Å². The normalized spacial score (nSPS) is 19.4. The van der Waals surface area contributed by atoms with Crippen molar-refractivity contribution in [2.45, 2.75) is 31.0 Å². The predicted octanol–water partition coefficient (Wildman–Crippen LogP) is 2.76. The quantitative estimate of drug-likeness (QED) is 0.563. The minimum atomic E-state index is -2.93. The number of sulfone groups is 1. The second-order valence-corrected chi connectivity index (χ2v) is 10.4. The van der Waals surface area contributed by atoms with Crippen LogP contribution in [0, 0.1) is 5.92 Å². The van der Waals surface area contributed by atoms with Gasteiger partial charge in [-0.3, -0.25) is 4.79 Å². The number of amides is 1. The van der Waals surface area contributed by atoms with Gasteiger partial charge >= 0.3 is 0 Å². The highest BCUT2D eigenvalue weighted by molar-refractivity contribution is 7.99. The number of nitrogens with zero attached hydrogens (tertiary/aromatic N) is 2. The Hall–Kier alpha value is -2.33. The molecule has 1 aliphatic rings. The molecule has 1 aromatic carbocycles. The van der Waals surface area contributed by atoms with Crippen LogP contribution >= 0.6 is 11.8 Å². The van der Waals surface area contributed by atoms with Crippen molar-refractivity contribution in [2.24, 2.45) is 5.92 Å². The zero-order valence-electron chi connectivity index (χ0n) is 15.8. The van der Waals surface area contributed by atoms with Crippen LogP contribution < -0.4 is 5.32 Å². The van der Waals surface area contributed by atoms with Gasteiger partial charge in [-0.15, -0.1) is 10.2 Å². The van der Waals surface area contributed by atoms with Crippen LogP contribution in [0.4, 0.5) is 0 Å². The van der Waals surface area contributed by atoms with Crippen molar-refractivity contribution in [3.63, 3.8) is 0 Å². The van der Waals surface area contributed by atoms with Gasteiger partial charge in [0.1, 0.15) is 11.3 Å². The van der Waals surface area contributed by atoms with Crippen LogP contribution in [0.25, 0.3) is 11.0 Å². The first-order chi connectivity index (χ1) is 13.9. The van der Waals surface area contributed by atoms with Gasteiger partial charge in [0.15, 0.2) is 9.84 Å². The molecular formula is C19H21N3O5S2. The molecule has 0 bridgehead atoms. The summed E-state index contributed by atoms with van der Waals surface area (Å²) in [7, 11) is -2.93. The summed E-state index contributed by atoms with van der Waals surface area (Å²) < 4.78 is 34.4. The standard InChI is InChI=1S/C19H21N3O5S2/c1-12(16-9-14-4-2-3-5-15(14)26-16)20-17(23)10-28-19-22-21-18(27-19)8-13-6-7-29(24,25)11-13/h2-5,9,12-13H,6-8,10-11H2,1H3,(H,20,23)/t12-,13+/m1/s1. The largest absolute Gasteiger partial charge is 0.459 e. The van der Waals surface area contributed by atoms with Crippen molar-refractivity contribution in [1.29, 1.82) is 0 Å². The molecule has 3 heterocycles. The van der Waals surface area contributed by atoms with Gasteiger partial charge in [0.2, 0.25) is 11.8 Å². The number of furan rings is 1. The fraction of sp³-hybridized carbons (Fsp3) is 0.421. The van der Waals surface area contributed by atoms with Gasteiger partial charge in [-0.05, 0) is 31.4 Å². The van der Waals surface area contributed by atoms with Gasteiger partial charge < -0.3 is 14.2 Å². The summed E-state index contributed by atoms with van der Waals surface area (Å²) in [6.45, 7) is 1.86. The van der Waals surface area contributed by atoms with Crippen molar-refractivity contribution < 1.29 is 22.0 Å². The lowest BCUT2D eigenvalue weighted by Gasteiger charge is -2.10. The second kappa shape index (κ2) is 8.19. The molecule has 0 spiro atoms. The van der Waals surface area contributed by atoms with Crippen molar-refractivity contribution in [2.75, 3.05) is 17.3 Å². The van der Waals surface area contributed by atoms with E-state index in [1.807, 2.05) is 37.3 Å². The van der Waals surface area contributed by atoms with Gasteiger partial charge in [0.05, 0.1) is 23.3 Å². The van der Waals surface area contributed by atoms with Crippen LogP contribution in [-0.4, -0.2) is 41.8 Å². The first-order valence-electron chi connectivity index (χ1n) is 9.31. The highest BCUT2D eigenvalue weighted by Crippen LogP contribution is 2.25. The molecule has 0 aliphatic carbocycles. The Balaban J connectivity index is 1.27. The number of benzene rings is 1. The first-order valence-corrected chi connectivity index (χ1v) is 12.1. The van der Waals surface area contributed by atoms with E-state index in [2.05, 4.69) is 15.5 Å². The number of hydrogen-bond donors (Lipinski definition) is 1. The molecule has 2 aromatic heterocycles. The Morgan fingerprint density at radius 3 is 2.90 bits per heavy atom. The Kier molecular flexibility index (Phi) is 5.64. The summed E-state index contributed by atoms with van der Waals surface area (Å²) >= 11 is 1.15. The molecule has 8 nitrogen and oxygen atoms in total. The van der Waals surface area contributed by atoms with Gasteiger partial charge in [0.25, 0.3) is 5.22 Å². The van der Waals surface area contributed by atoms with Crippen LogP contribution in [0.2, 0.25) is 0 Å². The molecule has 154 valence electrons. The number of rotatable bonds is 7. The third-order valence-corrected chi connectivity index (χ3v) is 7.47. The fourth-order valence-corrected chi connectivity index (χ4v) is 5.81. The van der Waals surface area contributed by atoms with Crippen molar-refractivity contribution in [1.82, 2.24) is 15.5 Å². The van der Waals surface area contributed by atoms with E-state index in [0.29, 0.717) is 29.7 Å². The third kappa shape index (κ3) is 4.99. The average molecular weight is 436 g/mol. The number of aromatic nitrogens is 2. The SMILES string of the molecule is C[C@@H](NC(=O)CSc1nnc(C[C@@H]2CCS(=O)(=O)C2)o1)c1cc2ccccc2o1. The molecule has 29 heavy (non-hydrogen) atoms. The van der Waals surface area contributed by atoms with Crippen LogP contribution in [-0.2, 0) is 21.1 Å². The number of hydrogen-bond acceptors (Lipinski definition) is 8. The third-order valence-electron chi connectivity index (χ3n) is 4.81. The number of carbonyl (C=O) groups is 1. The number of para-hydroxylation sites is 1. The zero-order valence-corrected chi connectivity index (χ0v) is 17.5. The number of carbonyl (C=O) groups excluding carboxylic acids is 1. The molecule has 1 N–H and O–H groups in total. The second-order valence-electron chi connectivity index (χ2n) is 7.20. The van der Waals surface area contributed by atoms with E-state index in [1.54, 1.807) is 0 Å². The Morgan fingerprint density at radius 2 is 2.14 bits per heavy atom. The maximum Gasteiger partial charge on any atom is 0.277 e. The molecule has 3 aromatic rings. The summed E-state index contributed by atoms with van der Waals surface area (Å²) in [6.07, 6.45) is 1.07. The highest BCUT2D eigenvalue weighted by Gasteiger charge is 2.29. The fourth-order valence-electron chi connectivity index (χ4n) is 3.36. The topological polar surface area (TPSA) is 115 Å². The summed E-state index contributed by atoms with van der Waals surface area (Å²) in [5, 5.41) is 12.1. The molecule has 0 radical (unpaired) electrons. The molecule has 4 rings (SSSR count). The number of thioether (sulfide) groups is 1. The molecule has 1 fully saturated rings. The molecule has 1 aliphatic heterocycles. The Morgan fingerprint density at radius 1 is 1.31 bits per heavy atom. The number of fused-ring (bicyclic) bond motifs is 1. The van der Waals surface area contributed by atoms with Crippen LogP contribution in [0.3, 0.4) is 0 Å². The van der Waals surface area contributed by atoms with E-state index in [-0.39, 0.29) is 35.1 Å². The first kappa shape index (κ1) is 20.0. The van der Waals surface area contributed by atoms with E-state index in [4.69, 9.17) is 8.83 Å². The average Bonchev–Trinajstić information content (AvgIpc) is 3.38. The van der Waals surface area contributed by atoms with Gasteiger partial charge in [-0.2, -0.15) is 0 Å². The van der Waals surface area contributed by atoms with E-state index in [1.165, 1.54) is 0 Å². The minimum Gasteiger partial charge on any atom is -0.459 e. The van der Waals surface area contributed by atoms with Crippen molar-refractivity contribution >= 4 is 38.5 Å². The lowest BCUT2D eigenvalue weighted by Crippen LogP contribution is -2.27. The Labute approximate surface area is 172 Å². The monoisotopic (exact) mass is 435 g/mol. The van der Waals surface area contributed by atoms with Gasteiger partial charge in [-0.1, -0.05) is 30.0 Å². The zero-order chi connectivity index (χ0) is 20.4. The Bertz CT molecular complexity index is 1090. The van der Waals surface area contributed by atoms with E-state index in [9.17, 15) is 13.2 Å². The van der Waals surface area contributed by atoms with Crippen LogP contribution in [0.1, 0.15) is 31.0 Å². The number of nitrogens with one attached hydrogen (secondary N) is 1. The molecule has 1 amide bonds. The maximum atomic E-state index is 12.2. The maximum absolute atomic E-state index is 12.2. The summed E-state index contributed by atoms with van der Waals surface area (Å²) in [6, 6.07) is 9.34. The lowest BCUT2D eigenvalue weighted by molar-refractivity contribution is -0.119. The smallest absolute Gasteiger partial charge is 0.277 e. The van der Waals surface area contributed by atoms with E-state index in [0.717, 1.165) is 22.7 Å². The van der Waals surface area contributed by atoms with E-state index >= 15 is 0 Å². The molecular weight excluding hydrogens is 414 g/mol.